The number of hydrogen-bond donors (Lipinski definition) is 2. The molecule has 1 aromatic heterocycles. The molecule has 0 bridgehead atoms. The SMILES string of the molecule is CCO.Nc1c2ccccc2nc2ccccc12. The maximum absolute atomic E-state index is 7.57. The summed E-state index contributed by atoms with van der Waals surface area (Å²) in [6.45, 7) is 1.93. The molecule has 0 aliphatic rings. The Kier molecular flexibility index (Phi) is 3.75. The van der Waals surface area contributed by atoms with Crippen LogP contribution in [-0.4, -0.2) is 16.7 Å². The number of fused-ring (bicyclic) bond motifs is 2. The Hall–Kier alpha value is -2.13. The molecule has 0 aliphatic heterocycles. The number of nitrogen functional groups attached to an aromatic ring is 1. The fourth-order valence-corrected chi connectivity index (χ4v) is 1.87. The van der Waals surface area contributed by atoms with Gasteiger partial charge in [0.25, 0.3) is 0 Å². The quantitative estimate of drug-likeness (QED) is 0.594. The molecule has 0 aliphatic carbocycles. The molecule has 0 saturated carbocycles. The van der Waals surface area contributed by atoms with Crippen molar-refractivity contribution in [2.45, 2.75) is 6.92 Å². The zero-order valence-corrected chi connectivity index (χ0v) is 10.3. The molecule has 92 valence electrons. The summed E-state index contributed by atoms with van der Waals surface area (Å²) in [5.74, 6) is 0. The van der Waals surface area contributed by atoms with Gasteiger partial charge in [-0.3, -0.25) is 0 Å². The molecule has 3 rings (SSSR count). The van der Waals surface area contributed by atoms with Crippen molar-refractivity contribution in [1.82, 2.24) is 4.98 Å². The highest BCUT2D eigenvalue weighted by Gasteiger charge is 2.03. The van der Waals surface area contributed by atoms with Crippen LogP contribution in [0.4, 0.5) is 5.69 Å². The number of para-hydroxylation sites is 2. The number of aromatic nitrogens is 1. The summed E-state index contributed by atoms with van der Waals surface area (Å²) >= 11 is 0. The van der Waals surface area contributed by atoms with E-state index >= 15 is 0 Å². The van der Waals surface area contributed by atoms with Crippen LogP contribution in [0.2, 0.25) is 0 Å². The average Bonchev–Trinajstić information content (AvgIpc) is 2.40. The fraction of sp³-hybridized carbons (Fsp3) is 0.133. The van der Waals surface area contributed by atoms with E-state index in [9.17, 15) is 0 Å². The summed E-state index contributed by atoms with van der Waals surface area (Å²) in [5, 5.41) is 9.62. The molecule has 3 nitrogen and oxygen atoms in total. The van der Waals surface area contributed by atoms with Crippen LogP contribution in [-0.2, 0) is 0 Å². The molecule has 0 fully saturated rings. The molecule has 3 aromatic rings. The maximum atomic E-state index is 7.57. The van der Waals surface area contributed by atoms with Crippen molar-refractivity contribution in [2.75, 3.05) is 12.3 Å². The Labute approximate surface area is 106 Å². The second-order valence-corrected chi connectivity index (χ2v) is 3.88. The molecule has 0 radical (unpaired) electrons. The predicted octanol–water partition coefficient (Wildman–Crippen LogP) is 2.97. The lowest BCUT2D eigenvalue weighted by Gasteiger charge is -2.05. The van der Waals surface area contributed by atoms with Crippen LogP contribution < -0.4 is 5.73 Å². The zero-order chi connectivity index (χ0) is 13.0. The Morgan fingerprint density at radius 2 is 1.33 bits per heavy atom. The maximum Gasteiger partial charge on any atom is 0.0730 e. The number of anilines is 1. The lowest BCUT2D eigenvalue weighted by atomic mass is 10.1. The van der Waals surface area contributed by atoms with Gasteiger partial charge in [0, 0.05) is 17.4 Å². The normalized spacial score (nSPS) is 10.1. The third kappa shape index (κ3) is 2.26. The topological polar surface area (TPSA) is 59.1 Å². The molecule has 0 atom stereocenters. The van der Waals surface area contributed by atoms with E-state index in [1.807, 2.05) is 48.5 Å². The fourth-order valence-electron chi connectivity index (χ4n) is 1.87. The minimum absolute atomic E-state index is 0.250. The summed E-state index contributed by atoms with van der Waals surface area (Å²) in [4.78, 5) is 4.56. The van der Waals surface area contributed by atoms with Crippen LogP contribution >= 0.6 is 0 Å². The second kappa shape index (κ2) is 5.47. The van der Waals surface area contributed by atoms with Gasteiger partial charge in [-0.25, -0.2) is 4.98 Å². The van der Waals surface area contributed by atoms with Crippen molar-refractivity contribution in [3.8, 4) is 0 Å². The van der Waals surface area contributed by atoms with Crippen LogP contribution in [0.5, 0.6) is 0 Å². The zero-order valence-electron chi connectivity index (χ0n) is 10.3. The highest BCUT2D eigenvalue weighted by Crippen LogP contribution is 2.27. The van der Waals surface area contributed by atoms with E-state index in [0.717, 1.165) is 27.5 Å². The smallest absolute Gasteiger partial charge is 0.0730 e. The number of hydrogen-bond acceptors (Lipinski definition) is 3. The van der Waals surface area contributed by atoms with E-state index in [4.69, 9.17) is 10.8 Å². The number of pyridine rings is 1. The third-order valence-corrected chi connectivity index (χ3v) is 2.63. The Morgan fingerprint density at radius 3 is 1.78 bits per heavy atom. The highest BCUT2D eigenvalue weighted by atomic mass is 16.2. The van der Waals surface area contributed by atoms with E-state index in [-0.39, 0.29) is 6.61 Å². The largest absolute Gasteiger partial charge is 0.398 e. The van der Waals surface area contributed by atoms with Crippen molar-refractivity contribution in [3.63, 3.8) is 0 Å². The molecule has 3 heteroatoms. The average molecular weight is 240 g/mol. The summed E-state index contributed by atoms with van der Waals surface area (Å²) in [7, 11) is 0. The van der Waals surface area contributed by atoms with Crippen molar-refractivity contribution in [1.29, 1.82) is 0 Å². The number of nitrogens with zero attached hydrogens (tertiary/aromatic N) is 1. The number of aliphatic hydroxyl groups is 1. The number of benzene rings is 2. The van der Waals surface area contributed by atoms with Gasteiger partial charge in [-0.2, -0.15) is 0 Å². The first-order valence-corrected chi connectivity index (χ1v) is 5.91. The van der Waals surface area contributed by atoms with Gasteiger partial charge in [0.05, 0.1) is 16.7 Å². The van der Waals surface area contributed by atoms with Crippen LogP contribution in [0.15, 0.2) is 48.5 Å². The second-order valence-electron chi connectivity index (χ2n) is 3.88. The van der Waals surface area contributed by atoms with Crippen molar-refractivity contribution in [2.24, 2.45) is 0 Å². The van der Waals surface area contributed by atoms with Gasteiger partial charge >= 0.3 is 0 Å². The van der Waals surface area contributed by atoms with Crippen LogP contribution in [0.25, 0.3) is 21.8 Å². The molecule has 0 spiro atoms. The van der Waals surface area contributed by atoms with Crippen molar-refractivity contribution >= 4 is 27.5 Å². The van der Waals surface area contributed by atoms with Gasteiger partial charge < -0.3 is 10.8 Å². The molecule has 18 heavy (non-hydrogen) atoms. The van der Waals surface area contributed by atoms with Gasteiger partial charge in [0.15, 0.2) is 0 Å². The number of aliphatic hydroxyl groups excluding tert-OH is 1. The van der Waals surface area contributed by atoms with Gasteiger partial charge in [-0.05, 0) is 19.1 Å². The molecule has 0 saturated heterocycles. The Bertz CT molecular complexity index is 611. The summed E-state index contributed by atoms with van der Waals surface area (Å²) in [6, 6.07) is 15.9. The Balaban J connectivity index is 0.000000367. The van der Waals surface area contributed by atoms with E-state index in [1.165, 1.54) is 0 Å². The van der Waals surface area contributed by atoms with E-state index in [2.05, 4.69) is 4.98 Å². The minimum Gasteiger partial charge on any atom is -0.398 e. The highest BCUT2D eigenvalue weighted by molar-refractivity contribution is 6.06. The first-order chi connectivity index (χ1) is 8.77. The molecule has 0 amide bonds. The standard InChI is InChI=1S/C13H10N2.C2H6O/c14-13-9-5-1-3-7-11(9)15-12-8-4-2-6-10(12)13;1-2-3/h1-8H,(H2,14,15);3H,2H2,1H3. The number of nitrogens with two attached hydrogens (primary N) is 1. The Morgan fingerprint density at radius 1 is 0.944 bits per heavy atom. The summed E-state index contributed by atoms with van der Waals surface area (Å²) in [5.41, 5.74) is 8.84. The molecular formula is C15H16N2O. The lowest BCUT2D eigenvalue weighted by Crippen LogP contribution is -1.91. The first kappa shape index (κ1) is 12.3. The van der Waals surface area contributed by atoms with Crippen molar-refractivity contribution < 1.29 is 5.11 Å². The molecule has 0 unspecified atom stereocenters. The minimum atomic E-state index is 0.250. The van der Waals surface area contributed by atoms with Gasteiger partial charge in [-0.15, -0.1) is 0 Å². The van der Waals surface area contributed by atoms with Crippen LogP contribution in [0, 0.1) is 0 Å². The first-order valence-electron chi connectivity index (χ1n) is 5.91. The summed E-state index contributed by atoms with van der Waals surface area (Å²) in [6.07, 6.45) is 0. The number of rotatable bonds is 0. The van der Waals surface area contributed by atoms with E-state index in [1.54, 1.807) is 6.92 Å². The van der Waals surface area contributed by atoms with Gasteiger partial charge in [-0.1, -0.05) is 36.4 Å². The molecule has 3 N–H and O–H groups in total. The molecular weight excluding hydrogens is 224 g/mol. The van der Waals surface area contributed by atoms with E-state index < -0.39 is 0 Å². The molecule has 1 heterocycles. The third-order valence-electron chi connectivity index (χ3n) is 2.63. The van der Waals surface area contributed by atoms with Crippen LogP contribution in [0.3, 0.4) is 0 Å². The van der Waals surface area contributed by atoms with Crippen LogP contribution in [0.1, 0.15) is 6.92 Å². The molecule has 2 aromatic carbocycles. The predicted molar refractivity (Wildman–Crippen MR) is 76.4 cm³/mol. The van der Waals surface area contributed by atoms with Gasteiger partial charge in [0.2, 0.25) is 0 Å². The summed E-state index contributed by atoms with van der Waals surface area (Å²) < 4.78 is 0. The monoisotopic (exact) mass is 240 g/mol. The lowest BCUT2D eigenvalue weighted by molar-refractivity contribution is 0.318. The van der Waals surface area contributed by atoms with Crippen molar-refractivity contribution in [3.05, 3.63) is 48.5 Å². The van der Waals surface area contributed by atoms with Gasteiger partial charge in [0.1, 0.15) is 0 Å². The van der Waals surface area contributed by atoms with E-state index in [0.29, 0.717) is 0 Å².